The average molecular weight is 394 g/mol. The van der Waals surface area contributed by atoms with Crippen molar-refractivity contribution < 1.29 is 16.8 Å². The van der Waals surface area contributed by atoms with E-state index < -0.39 is 20.0 Å². The van der Waals surface area contributed by atoms with E-state index in [1.165, 1.54) is 38.1 Å². The van der Waals surface area contributed by atoms with Gasteiger partial charge in [0.1, 0.15) is 0 Å². The van der Waals surface area contributed by atoms with E-state index >= 15 is 0 Å². The number of benzene rings is 2. The topological polar surface area (TPSA) is 117 Å². The van der Waals surface area contributed by atoms with Crippen LogP contribution in [-0.2, 0) is 20.0 Å². The van der Waals surface area contributed by atoms with Gasteiger partial charge in [0.05, 0.1) is 21.2 Å². The largest absolute Gasteiger partial charge is 0.276 e. The number of nitrogens with one attached hydrogen (secondary N) is 2. The minimum atomic E-state index is -3.81. The number of sulfonamides is 2. The van der Waals surface area contributed by atoms with Crippen LogP contribution in [0.3, 0.4) is 0 Å². The molecule has 0 aliphatic carbocycles. The maximum Gasteiger partial charge on any atom is 0.276 e. The van der Waals surface area contributed by atoms with Crippen molar-refractivity contribution in [1.82, 2.24) is 9.66 Å². The first-order valence-electron chi connectivity index (χ1n) is 7.45. The van der Waals surface area contributed by atoms with Crippen LogP contribution in [0.5, 0.6) is 0 Å². The van der Waals surface area contributed by atoms with Crippen LogP contribution in [0.2, 0.25) is 0 Å². The highest BCUT2D eigenvalue weighted by Gasteiger charge is 2.14. The fraction of sp³-hybridized carbons (Fsp3) is 0.125. The first kappa shape index (κ1) is 19.6. The lowest BCUT2D eigenvalue weighted by atomic mass is 10.3. The molecular weight excluding hydrogens is 376 g/mol. The van der Waals surface area contributed by atoms with Crippen molar-refractivity contribution in [2.75, 3.05) is 0 Å². The average Bonchev–Trinajstić information content (AvgIpc) is 2.65. The standard InChI is InChI=1S/C16H18N4O4S2/c1-13(17-19-25(21,22)15-9-5-3-6-10-15)14(2)18-20-26(23,24)16-11-7-4-8-12-16/h3-12,19-20H,1-2H3/b17-13-,18-14-. The molecule has 0 aromatic heterocycles. The SMILES string of the molecule is CC(=N/NS(=O)(=O)c1ccccc1)/C(C)=N\NS(=O)(=O)c1ccccc1. The van der Waals surface area contributed by atoms with E-state index in [2.05, 4.69) is 19.9 Å². The molecule has 0 aliphatic heterocycles. The molecule has 0 aliphatic rings. The lowest BCUT2D eigenvalue weighted by Crippen LogP contribution is -2.24. The zero-order valence-corrected chi connectivity index (χ0v) is 15.8. The molecule has 0 atom stereocenters. The maximum atomic E-state index is 12.1. The van der Waals surface area contributed by atoms with Gasteiger partial charge in [0, 0.05) is 0 Å². The Morgan fingerprint density at radius 1 is 0.654 bits per heavy atom. The summed E-state index contributed by atoms with van der Waals surface area (Å²) in [4.78, 5) is 4.31. The first-order chi connectivity index (χ1) is 12.2. The summed E-state index contributed by atoms with van der Waals surface area (Å²) < 4.78 is 48.4. The van der Waals surface area contributed by atoms with E-state index in [1.807, 2.05) is 0 Å². The molecule has 10 heteroatoms. The molecule has 0 radical (unpaired) electrons. The minimum absolute atomic E-state index is 0.0657. The second-order valence-electron chi connectivity index (χ2n) is 5.21. The molecule has 2 rings (SSSR count). The van der Waals surface area contributed by atoms with Crippen molar-refractivity contribution in [2.45, 2.75) is 23.6 Å². The Morgan fingerprint density at radius 3 is 1.27 bits per heavy atom. The Labute approximate surface area is 152 Å². The maximum absolute atomic E-state index is 12.1. The third-order valence-electron chi connectivity index (χ3n) is 3.30. The summed E-state index contributed by atoms with van der Waals surface area (Å²) >= 11 is 0. The van der Waals surface area contributed by atoms with Crippen molar-refractivity contribution in [3.63, 3.8) is 0 Å². The predicted octanol–water partition coefficient (Wildman–Crippen LogP) is 1.70. The van der Waals surface area contributed by atoms with Crippen molar-refractivity contribution in [3.8, 4) is 0 Å². The van der Waals surface area contributed by atoms with E-state index in [0.717, 1.165) is 0 Å². The molecule has 0 bridgehead atoms. The Bertz CT molecular complexity index is 931. The van der Waals surface area contributed by atoms with Crippen LogP contribution in [0.4, 0.5) is 0 Å². The second kappa shape index (κ2) is 8.11. The highest BCUT2D eigenvalue weighted by molar-refractivity contribution is 7.89. The zero-order valence-electron chi connectivity index (χ0n) is 14.1. The number of nitrogens with zero attached hydrogens (tertiary/aromatic N) is 2. The summed E-state index contributed by atoms with van der Waals surface area (Å²) in [5.74, 6) is 0. The van der Waals surface area contributed by atoms with Crippen LogP contribution >= 0.6 is 0 Å². The van der Waals surface area contributed by atoms with E-state index in [9.17, 15) is 16.8 Å². The van der Waals surface area contributed by atoms with Crippen molar-refractivity contribution in [1.29, 1.82) is 0 Å². The van der Waals surface area contributed by atoms with Crippen LogP contribution in [0, 0.1) is 0 Å². The molecule has 0 amide bonds. The van der Waals surface area contributed by atoms with E-state index in [4.69, 9.17) is 0 Å². The Balaban J connectivity index is 2.10. The quantitative estimate of drug-likeness (QED) is 0.549. The molecule has 0 heterocycles. The Kier molecular flexibility index (Phi) is 6.11. The van der Waals surface area contributed by atoms with Gasteiger partial charge in [0.2, 0.25) is 0 Å². The molecule has 0 saturated heterocycles. The second-order valence-corrected chi connectivity index (χ2v) is 8.53. The molecule has 2 N–H and O–H groups in total. The molecule has 8 nitrogen and oxygen atoms in total. The Morgan fingerprint density at radius 2 is 0.962 bits per heavy atom. The summed E-state index contributed by atoms with van der Waals surface area (Å²) in [5.41, 5.74) is 0.417. The van der Waals surface area contributed by atoms with Gasteiger partial charge < -0.3 is 0 Å². The number of hydrazone groups is 2. The molecular formula is C16H18N4O4S2. The van der Waals surface area contributed by atoms with Crippen LogP contribution in [0.25, 0.3) is 0 Å². The number of hydrogen-bond donors (Lipinski definition) is 2. The summed E-state index contributed by atoms with van der Waals surface area (Å²) in [5, 5.41) is 7.52. The summed E-state index contributed by atoms with van der Waals surface area (Å²) in [7, 11) is -7.61. The smallest absolute Gasteiger partial charge is 0.200 e. The van der Waals surface area contributed by atoms with Gasteiger partial charge in [-0.3, -0.25) is 0 Å². The minimum Gasteiger partial charge on any atom is -0.200 e. The van der Waals surface area contributed by atoms with Gasteiger partial charge >= 0.3 is 0 Å². The normalized spacial score (nSPS) is 13.3. The van der Waals surface area contributed by atoms with Gasteiger partial charge in [0.15, 0.2) is 0 Å². The summed E-state index contributed by atoms with van der Waals surface area (Å²) in [6, 6.07) is 15.5. The molecule has 2 aromatic rings. The third-order valence-corrected chi connectivity index (χ3v) is 5.75. The third kappa shape index (κ3) is 5.14. The highest BCUT2D eigenvalue weighted by atomic mass is 32.2. The van der Waals surface area contributed by atoms with Crippen LogP contribution in [0.1, 0.15) is 13.8 Å². The zero-order chi connectivity index (χ0) is 19.2. The van der Waals surface area contributed by atoms with E-state index in [0.29, 0.717) is 0 Å². The van der Waals surface area contributed by atoms with Crippen molar-refractivity contribution in [2.24, 2.45) is 10.2 Å². The van der Waals surface area contributed by atoms with Gasteiger partial charge in [-0.25, -0.2) is 0 Å². The van der Waals surface area contributed by atoms with E-state index in [-0.39, 0.29) is 21.2 Å². The molecule has 2 aromatic carbocycles. The van der Waals surface area contributed by atoms with Gasteiger partial charge in [-0.15, -0.1) is 0 Å². The highest BCUT2D eigenvalue weighted by Crippen LogP contribution is 2.08. The first-order valence-corrected chi connectivity index (χ1v) is 10.4. The number of rotatable bonds is 7. The monoisotopic (exact) mass is 394 g/mol. The van der Waals surface area contributed by atoms with Gasteiger partial charge in [0.25, 0.3) is 20.0 Å². The van der Waals surface area contributed by atoms with Gasteiger partial charge in [-0.05, 0) is 38.1 Å². The number of hydrogen-bond acceptors (Lipinski definition) is 6. The lowest BCUT2D eigenvalue weighted by molar-refractivity contribution is 0.582. The summed E-state index contributed by atoms with van der Waals surface area (Å²) in [6.07, 6.45) is 0. The molecule has 138 valence electrons. The molecule has 26 heavy (non-hydrogen) atoms. The van der Waals surface area contributed by atoms with Gasteiger partial charge in [-0.2, -0.15) is 36.7 Å². The van der Waals surface area contributed by atoms with Crippen LogP contribution in [0.15, 0.2) is 80.7 Å². The Hall–Kier alpha value is -2.72. The lowest BCUT2D eigenvalue weighted by Gasteiger charge is -2.06. The fourth-order valence-electron chi connectivity index (χ4n) is 1.72. The fourth-order valence-corrected chi connectivity index (χ4v) is 3.48. The van der Waals surface area contributed by atoms with Crippen molar-refractivity contribution >= 4 is 31.5 Å². The van der Waals surface area contributed by atoms with Crippen LogP contribution < -0.4 is 9.66 Å². The summed E-state index contributed by atoms with van der Waals surface area (Å²) in [6.45, 7) is 3.01. The molecule has 0 saturated carbocycles. The van der Waals surface area contributed by atoms with Crippen molar-refractivity contribution in [3.05, 3.63) is 60.7 Å². The predicted molar refractivity (Wildman–Crippen MR) is 99.7 cm³/mol. The van der Waals surface area contributed by atoms with Crippen LogP contribution in [-0.4, -0.2) is 28.3 Å². The van der Waals surface area contributed by atoms with Gasteiger partial charge in [-0.1, -0.05) is 36.4 Å². The molecule has 0 spiro atoms. The van der Waals surface area contributed by atoms with E-state index in [1.54, 1.807) is 36.4 Å². The molecule has 0 unspecified atom stereocenters. The molecule has 0 fully saturated rings.